The molecule has 0 aliphatic rings. The smallest absolute Gasteiger partial charge is 0.260 e. The van der Waals surface area contributed by atoms with Crippen LogP contribution in [-0.4, -0.2) is 24.2 Å². The number of fused-ring (bicyclic) bond motifs is 1. The van der Waals surface area contributed by atoms with Gasteiger partial charge >= 0.3 is 0 Å². The number of nitrogens with zero attached hydrogens (tertiary/aromatic N) is 1. The molecule has 1 atom stereocenters. The largest absolute Gasteiger partial charge is 0.493 e. The van der Waals surface area contributed by atoms with E-state index in [9.17, 15) is 9.18 Å². The summed E-state index contributed by atoms with van der Waals surface area (Å²) in [6, 6.07) is 9.39. The fourth-order valence-corrected chi connectivity index (χ4v) is 2.64. The average molecular weight is 343 g/mol. The molecule has 7 heteroatoms. The van der Waals surface area contributed by atoms with E-state index in [1.54, 1.807) is 37.3 Å². The number of anilines is 1. The molecule has 130 valence electrons. The minimum Gasteiger partial charge on any atom is -0.493 e. The lowest BCUT2D eigenvalue weighted by atomic mass is 10.1. The van der Waals surface area contributed by atoms with Gasteiger partial charge in [0.25, 0.3) is 5.56 Å². The second-order valence-corrected chi connectivity index (χ2v) is 5.53. The topological polar surface area (TPSA) is 76.2 Å². The van der Waals surface area contributed by atoms with Gasteiger partial charge in [-0.3, -0.25) is 9.78 Å². The fraction of sp³-hybridized carbons (Fsp3) is 0.222. The third-order valence-corrected chi connectivity index (χ3v) is 3.94. The molecule has 0 fully saturated rings. The summed E-state index contributed by atoms with van der Waals surface area (Å²) in [5.41, 5.74) is 0.676. The maximum Gasteiger partial charge on any atom is 0.260 e. The number of rotatable bonds is 5. The molecule has 0 saturated heterocycles. The summed E-state index contributed by atoms with van der Waals surface area (Å²) in [4.78, 5) is 19.2. The highest BCUT2D eigenvalue weighted by Gasteiger charge is 2.17. The molecule has 6 nitrogen and oxygen atoms in total. The van der Waals surface area contributed by atoms with E-state index in [1.807, 2.05) is 0 Å². The minimum absolute atomic E-state index is 0.256. The van der Waals surface area contributed by atoms with Gasteiger partial charge < -0.3 is 14.8 Å². The van der Waals surface area contributed by atoms with E-state index in [1.165, 1.54) is 20.3 Å². The molecular weight excluding hydrogens is 325 g/mol. The Hall–Kier alpha value is -3.09. The first-order valence-electron chi connectivity index (χ1n) is 7.70. The van der Waals surface area contributed by atoms with Crippen molar-refractivity contribution >= 4 is 16.9 Å². The number of nitrogens with one attached hydrogen (secondary N) is 2. The second-order valence-electron chi connectivity index (χ2n) is 5.53. The van der Waals surface area contributed by atoms with Crippen LogP contribution in [0, 0.1) is 5.82 Å². The SMILES string of the molecule is COc1cc(F)c(C(C)Nc2nc3ccccc3c(=O)[nH]2)cc1OC. The van der Waals surface area contributed by atoms with Crippen molar-refractivity contribution in [3.8, 4) is 11.5 Å². The van der Waals surface area contributed by atoms with Crippen molar-refractivity contribution in [3.63, 3.8) is 0 Å². The number of H-pyrrole nitrogens is 1. The number of aromatic nitrogens is 2. The summed E-state index contributed by atoms with van der Waals surface area (Å²) in [5, 5.41) is 3.52. The number of hydrogen-bond acceptors (Lipinski definition) is 5. The molecule has 25 heavy (non-hydrogen) atoms. The fourth-order valence-electron chi connectivity index (χ4n) is 2.64. The lowest BCUT2D eigenvalue weighted by molar-refractivity contribution is 0.351. The van der Waals surface area contributed by atoms with Crippen molar-refractivity contribution in [2.75, 3.05) is 19.5 Å². The molecule has 0 aliphatic heterocycles. The van der Waals surface area contributed by atoms with Crippen LogP contribution >= 0.6 is 0 Å². The first kappa shape index (κ1) is 16.8. The van der Waals surface area contributed by atoms with Crippen molar-refractivity contribution in [1.82, 2.24) is 9.97 Å². The van der Waals surface area contributed by atoms with Gasteiger partial charge in [0.15, 0.2) is 11.5 Å². The average Bonchev–Trinajstić information content (AvgIpc) is 2.61. The Kier molecular flexibility index (Phi) is 4.56. The van der Waals surface area contributed by atoms with Gasteiger partial charge in [0.2, 0.25) is 5.95 Å². The van der Waals surface area contributed by atoms with Crippen molar-refractivity contribution < 1.29 is 13.9 Å². The van der Waals surface area contributed by atoms with E-state index >= 15 is 0 Å². The van der Waals surface area contributed by atoms with Crippen LogP contribution in [0.4, 0.5) is 10.3 Å². The molecule has 1 aromatic heterocycles. The Morgan fingerprint density at radius 2 is 1.84 bits per heavy atom. The van der Waals surface area contributed by atoms with Crippen LogP contribution < -0.4 is 20.3 Å². The van der Waals surface area contributed by atoms with E-state index in [4.69, 9.17) is 9.47 Å². The summed E-state index contributed by atoms with van der Waals surface area (Å²) >= 11 is 0. The molecule has 3 rings (SSSR count). The third-order valence-electron chi connectivity index (χ3n) is 3.94. The summed E-state index contributed by atoms with van der Waals surface area (Å²) < 4.78 is 24.7. The highest BCUT2D eigenvalue weighted by atomic mass is 19.1. The van der Waals surface area contributed by atoms with Crippen molar-refractivity contribution in [3.05, 3.63) is 58.1 Å². The highest BCUT2D eigenvalue weighted by Crippen LogP contribution is 2.33. The minimum atomic E-state index is -0.455. The van der Waals surface area contributed by atoms with E-state index in [-0.39, 0.29) is 11.5 Å². The van der Waals surface area contributed by atoms with Crippen molar-refractivity contribution in [2.24, 2.45) is 0 Å². The Morgan fingerprint density at radius 3 is 2.56 bits per heavy atom. The van der Waals surface area contributed by atoms with Gasteiger partial charge in [0, 0.05) is 11.6 Å². The summed E-state index contributed by atoms with van der Waals surface area (Å²) in [6.07, 6.45) is 0. The molecule has 0 aliphatic carbocycles. The van der Waals surface area contributed by atoms with E-state index in [0.717, 1.165) is 0 Å². The molecule has 2 aromatic carbocycles. The standard InChI is InChI=1S/C18H18FN3O3/c1-10(12-8-15(24-2)16(25-3)9-13(12)19)20-18-21-14-7-5-4-6-11(14)17(23)22-18/h4-10H,1-3H3,(H2,20,21,22,23). The number of ether oxygens (including phenoxy) is 2. The molecule has 0 saturated carbocycles. The lowest BCUT2D eigenvalue weighted by Crippen LogP contribution is -2.16. The molecule has 0 spiro atoms. The molecular formula is C18H18FN3O3. The van der Waals surface area contributed by atoms with Gasteiger partial charge in [0.1, 0.15) is 5.82 Å². The summed E-state index contributed by atoms with van der Waals surface area (Å²) in [5.74, 6) is 0.562. The van der Waals surface area contributed by atoms with Crippen molar-refractivity contribution in [1.29, 1.82) is 0 Å². The predicted molar refractivity (Wildman–Crippen MR) is 93.9 cm³/mol. The van der Waals surface area contributed by atoms with Crippen LogP contribution in [0.25, 0.3) is 10.9 Å². The Balaban J connectivity index is 1.95. The second kappa shape index (κ2) is 6.80. The van der Waals surface area contributed by atoms with Crippen LogP contribution in [0.15, 0.2) is 41.2 Å². The normalized spacial score (nSPS) is 12.0. The maximum absolute atomic E-state index is 14.4. The van der Waals surface area contributed by atoms with E-state index in [0.29, 0.717) is 28.0 Å². The third kappa shape index (κ3) is 3.26. The molecule has 0 radical (unpaired) electrons. The number of aromatic amines is 1. The molecule has 1 unspecified atom stereocenters. The van der Waals surface area contributed by atoms with Crippen molar-refractivity contribution in [2.45, 2.75) is 13.0 Å². The van der Waals surface area contributed by atoms with Gasteiger partial charge in [-0.1, -0.05) is 12.1 Å². The quantitative estimate of drug-likeness (QED) is 0.744. The molecule has 0 amide bonds. The maximum atomic E-state index is 14.4. The first-order valence-corrected chi connectivity index (χ1v) is 7.70. The van der Waals surface area contributed by atoms with Crippen LogP contribution in [0.1, 0.15) is 18.5 Å². The molecule has 3 aromatic rings. The predicted octanol–water partition coefficient (Wildman–Crippen LogP) is 3.25. The number of halogens is 1. The van der Waals surface area contributed by atoms with Gasteiger partial charge in [-0.05, 0) is 25.1 Å². The van der Waals surface area contributed by atoms with E-state index < -0.39 is 11.9 Å². The molecule has 1 heterocycles. The zero-order valence-corrected chi connectivity index (χ0v) is 14.1. The highest BCUT2D eigenvalue weighted by molar-refractivity contribution is 5.78. The monoisotopic (exact) mass is 343 g/mol. The van der Waals surface area contributed by atoms with Crippen LogP contribution in [0.2, 0.25) is 0 Å². The number of hydrogen-bond donors (Lipinski definition) is 2. The Morgan fingerprint density at radius 1 is 1.16 bits per heavy atom. The summed E-state index contributed by atoms with van der Waals surface area (Å²) in [6.45, 7) is 1.76. The Labute approximate surface area is 143 Å². The first-order chi connectivity index (χ1) is 12.0. The van der Waals surface area contributed by atoms with Crippen LogP contribution in [0.5, 0.6) is 11.5 Å². The summed E-state index contributed by atoms with van der Waals surface area (Å²) in [7, 11) is 2.93. The van der Waals surface area contributed by atoms with Gasteiger partial charge in [-0.15, -0.1) is 0 Å². The lowest BCUT2D eigenvalue weighted by Gasteiger charge is -2.18. The molecule has 0 bridgehead atoms. The zero-order valence-electron chi connectivity index (χ0n) is 14.1. The zero-order chi connectivity index (χ0) is 18.0. The number of benzene rings is 2. The van der Waals surface area contributed by atoms with Gasteiger partial charge in [-0.2, -0.15) is 0 Å². The molecule has 2 N–H and O–H groups in total. The van der Waals surface area contributed by atoms with E-state index in [2.05, 4.69) is 15.3 Å². The van der Waals surface area contributed by atoms with Crippen LogP contribution in [0.3, 0.4) is 0 Å². The Bertz CT molecular complexity index is 971. The van der Waals surface area contributed by atoms with Gasteiger partial charge in [0.05, 0.1) is 31.2 Å². The number of methoxy groups -OCH3 is 2. The van der Waals surface area contributed by atoms with Crippen LogP contribution in [-0.2, 0) is 0 Å². The number of para-hydroxylation sites is 1. The van der Waals surface area contributed by atoms with Gasteiger partial charge in [-0.25, -0.2) is 9.37 Å².